The van der Waals surface area contributed by atoms with Gasteiger partial charge in [-0.05, 0) is 48.6 Å². The van der Waals surface area contributed by atoms with Gasteiger partial charge in [0.2, 0.25) is 11.8 Å². The van der Waals surface area contributed by atoms with Gasteiger partial charge in [0.15, 0.2) is 0 Å². The van der Waals surface area contributed by atoms with Crippen molar-refractivity contribution in [2.45, 2.75) is 58.4 Å². The topological polar surface area (TPSA) is 49.4 Å². The second-order valence-electron chi connectivity index (χ2n) is 7.64. The predicted octanol–water partition coefficient (Wildman–Crippen LogP) is 5.61. The molecule has 2 rings (SSSR count). The summed E-state index contributed by atoms with van der Waals surface area (Å²) in [6.07, 6.45) is 2.53. The van der Waals surface area contributed by atoms with Crippen LogP contribution in [-0.4, -0.2) is 35.1 Å². The van der Waals surface area contributed by atoms with Crippen molar-refractivity contribution in [2.24, 2.45) is 0 Å². The van der Waals surface area contributed by atoms with Gasteiger partial charge in [0, 0.05) is 23.9 Å². The lowest BCUT2D eigenvalue weighted by Crippen LogP contribution is -2.49. The van der Waals surface area contributed by atoms with Crippen LogP contribution in [0.25, 0.3) is 0 Å². The van der Waals surface area contributed by atoms with Gasteiger partial charge in [0.1, 0.15) is 6.04 Å². The Kier molecular flexibility index (Phi) is 11.0. The molecule has 0 aromatic heterocycles. The molecule has 168 valence electrons. The lowest BCUT2D eigenvalue weighted by Gasteiger charge is -2.31. The molecule has 1 atom stereocenters. The molecule has 2 aromatic rings. The fourth-order valence-corrected chi connectivity index (χ4v) is 4.43. The molecule has 0 aliphatic carbocycles. The number of rotatable bonds is 12. The molecule has 0 saturated carbocycles. The fourth-order valence-electron chi connectivity index (χ4n) is 3.36. The second-order valence-corrected chi connectivity index (χ2v) is 9.06. The number of thioether (sulfide) groups is 1. The van der Waals surface area contributed by atoms with Crippen LogP contribution in [0.2, 0.25) is 5.02 Å². The van der Waals surface area contributed by atoms with Crippen molar-refractivity contribution in [2.75, 3.05) is 12.3 Å². The molecule has 0 radical (unpaired) electrons. The van der Waals surface area contributed by atoms with Gasteiger partial charge >= 0.3 is 0 Å². The summed E-state index contributed by atoms with van der Waals surface area (Å²) in [5.74, 6) is 0.923. The number of hydrogen-bond acceptors (Lipinski definition) is 3. The van der Waals surface area contributed by atoms with Crippen molar-refractivity contribution in [3.63, 3.8) is 0 Å². The third kappa shape index (κ3) is 8.23. The van der Waals surface area contributed by atoms with Gasteiger partial charge < -0.3 is 10.2 Å². The first-order valence-corrected chi connectivity index (χ1v) is 12.4. The molecule has 0 heterocycles. The van der Waals surface area contributed by atoms with E-state index in [0.29, 0.717) is 36.0 Å². The minimum atomic E-state index is -0.476. The zero-order valence-electron chi connectivity index (χ0n) is 18.7. The molecule has 1 N–H and O–H groups in total. The zero-order chi connectivity index (χ0) is 22.6. The molecule has 4 nitrogen and oxygen atoms in total. The van der Waals surface area contributed by atoms with E-state index in [0.717, 1.165) is 29.5 Å². The summed E-state index contributed by atoms with van der Waals surface area (Å²) in [6, 6.07) is 15.2. The number of carbonyl (C=O) groups is 2. The molecule has 0 bridgehead atoms. The highest BCUT2D eigenvalue weighted by molar-refractivity contribution is 7.99. The van der Waals surface area contributed by atoms with Crippen LogP contribution < -0.4 is 5.32 Å². The summed E-state index contributed by atoms with van der Waals surface area (Å²) in [6.45, 7) is 7.16. The highest BCUT2D eigenvalue weighted by Gasteiger charge is 2.28. The summed E-state index contributed by atoms with van der Waals surface area (Å²) in [4.78, 5) is 27.9. The van der Waals surface area contributed by atoms with E-state index in [-0.39, 0.29) is 11.8 Å². The summed E-state index contributed by atoms with van der Waals surface area (Å²) in [7, 11) is 0. The molecule has 0 fully saturated rings. The predicted molar refractivity (Wildman–Crippen MR) is 131 cm³/mol. The van der Waals surface area contributed by atoms with Crippen molar-refractivity contribution in [1.82, 2.24) is 10.2 Å². The summed E-state index contributed by atoms with van der Waals surface area (Å²) >= 11 is 7.61. The monoisotopic (exact) mass is 460 g/mol. The Morgan fingerprint density at radius 2 is 1.90 bits per heavy atom. The molecule has 2 amide bonds. The number of amides is 2. The Labute approximate surface area is 195 Å². The number of hydrogen-bond donors (Lipinski definition) is 1. The van der Waals surface area contributed by atoms with E-state index in [4.69, 9.17) is 11.6 Å². The van der Waals surface area contributed by atoms with E-state index in [1.807, 2.05) is 62.4 Å². The smallest absolute Gasteiger partial charge is 0.242 e. The molecule has 2 aromatic carbocycles. The Bertz CT molecular complexity index is 859. The molecule has 0 aliphatic heterocycles. The van der Waals surface area contributed by atoms with Gasteiger partial charge in [-0.1, -0.05) is 68.3 Å². The third-order valence-corrected chi connectivity index (χ3v) is 6.42. The minimum Gasteiger partial charge on any atom is -0.354 e. The van der Waals surface area contributed by atoms with Crippen LogP contribution in [-0.2, 0) is 21.9 Å². The maximum atomic E-state index is 13.2. The van der Waals surface area contributed by atoms with Crippen LogP contribution in [0.3, 0.4) is 0 Å². The molecule has 31 heavy (non-hydrogen) atoms. The van der Waals surface area contributed by atoms with Gasteiger partial charge in [-0.3, -0.25) is 9.59 Å². The molecule has 0 aliphatic rings. The maximum absolute atomic E-state index is 13.2. The standard InChI is InChI=1S/C25H33ClN2O2S/c1-4-6-14-27-25(30)23(5-2)28(16-21-12-8-7-10-19(21)3)24(29)18-31-17-20-11-9-13-22(26)15-20/h7-13,15,23H,4-6,14,16-18H2,1-3H3,(H,27,30)/t23-/m0/s1. The highest BCUT2D eigenvalue weighted by atomic mass is 35.5. The van der Waals surface area contributed by atoms with Crippen molar-refractivity contribution in [3.05, 3.63) is 70.2 Å². The number of nitrogens with zero attached hydrogens (tertiary/aromatic N) is 1. The van der Waals surface area contributed by atoms with E-state index >= 15 is 0 Å². The number of aryl methyl sites for hydroxylation is 1. The summed E-state index contributed by atoms with van der Waals surface area (Å²) in [5, 5.41) is 3.70. The van der Waals surface area contributed by atoms with E-state index < -0.39 is 6.04 Å². The van der Waals surface area contributed by atoms with Crippen LogP contribution in [0.1, 0.15) is 49.8 Å². The van der Waals surface area contributed by atoms with Gasteiger partial charge in [-0.25, -0.2) is 0 Å². The number of unbranched alkanes of at least 4 members (excludes halogenated alkanes) is 1. The zero-order valence-corrected chi connectivity index (χ0v) is 20.3. The third-order valence-electron chi connectivity index (χ3n) is 5.20. The first-order chi connectivity index (χ1) is 15.0. The van der Waals surface area contributed by atoms with Gasteiger partial charge in [-0.15, -0.1) is 11.8 Å². The van der Waals surface area contributed by atoms with E-state index in [2.05, 4.69) is 12.2 Å². The fraction of sp³-hybridized carbons (Fsp3) is 0.440. The molecular weight excluding hydrogens is 428 g/mol. The molecule has 0 unspecified atom stereocenters. The number of carbonyl (C=O) groups excluding carboxylic acids is 2. The van der Waals surface area contributed by atoms with E-state index in [1.54, 1.807) is 16.7 Å². The SMILES string of the molecule is CCCCNC(=O)[C@H](CC)N(Cc1ccccc1C)C(=O)CSCc1cccc(Cl)c1. The van der Waals surface area contributed by atoms with Crippen molar-refractivity contribution in [3.8, 4) is 0 Å². The summed E-state index contributed by atoms with van der Waals surface area (Å²) < 4.78 is 0. The summed E-state index contributed by atoms with van der Waals surface area (Å²) in [5.41, 5.74) is 3.27. The molecule has 6 heteroatoms. The van der Waals surface area contributed by atoms with Crippen LogP contribution in [0.15, 0.2) is 48.5 Å². The van der Waals surface area contributed by atoms with Gasteiger partial charge in [0.05, 0.1) is 5.75 Å². The Morgan fingerprint density at radius 1 is 1.13 bits per heavy atom. The van der Waals surface area contributed by atoms with E-state index in [9.17, 15) is 9.59 Å². The number of benzene rings is 2. The average molecular weight is 461 g/mol. The quantitative estimate of drug-likeness (QED) is 0.419. The average Bonchev–Trinajstić information content (AvgIpc) is 2.75. The number of halogens is 1. The first kappa shape index (κ1) is 25.3. The largest absolute Gasteiger partial charge is 0.354 e. The molecular formula is C25H33ClN2O2S. The normalized spacial score (nSPS) is 11.7. The van der Waals surface area contributed by atoms with Crippen molar-refractivity contribution in [1.29, 1.82) is 0 Å². The second kappa shape index (κ2) is 13.4. The van der Waals surface area contributed by atoms with Crippen LogP contribution in [0.4, 0.5) is 0 Å². The lowest BCUT2D eigenvalue weighted by atomic mass is 10.1. The van der Waals surface area contributed by atoms with Gasteiger partial charge in [-0.2, -0.15) is 0 Å². The highest BCUT2D eigenvalue weighted by Crippen LogP contribution is 2.20. The van der Waals surface area contributed by atoms with E-state index in [1.165, 1.54) is 0 Å². The number of nitrogens with one attached hydrogen (secondary N) is 1. The van der Waals surface area contributed by atoms with Gasteiger partial charge in [0.25, 0.3) is 0 Å². The Balaban J connectivity index is 2.11. The van der Waals surface area contributed by atoms with Crippen LogP contribution in [0, 0.1) is 6.92 Å². The molecule has 0 saturated heterocycles. The maximum Gasteiger partial charge on any atom is 0.242 e. The molecule has 0 spiro atoms. The Morgan fingerprint density at radius 3 is 2.58 bits per heavy atom. The van der Waals surface area contributed by atoms with Crippen molar-refractivity contribution >= 4 is 35.2 Å². The van der Waals surface area contributed by atoms with Crippen LogP contribution in [0.5, 0.6) is 0 Å². The van der Waals surface area contributed by atoms with Crippen molar-refractivity contribution < 1.29 is 9.59 Å². The lowest BCUT2D eigenvalue weighted by molar-refractivity contribution is -0.139. The first-order valence-electron chi connectivity index (χ1n) is 10.9. The minimum absolute atomic E-state index is 0.0206. The van der Waals surface area contributed by atoms with Crippen LogP contribution >= 0.6 is 23.4 Å². The Hall–Kier alpha value is -1.98.